The van der Waals surface area contributed by atoms with Gasteiger partial charge >= 0.3 is 5.51 Å². The summed E-state index contributed by atoms with van der Waals surface area (Å²) in [6.45, 7) is -0.311. The van der Waals surface area contributed by atoms with Gasteiger partial charge in [0.15, 0.2) is 6.73 Å². The third-order valence-corrected chi connectivity index (χ3v) is 3.65. The van der Waals surface area contributed by atoms with E-state index in [-0.39, 0.29) is 34.8 Å². The number of ether oxygens (including phenoxy) is 1. The second-order valence-corrected chi connectivity index (χ2v) is 5.84. The Morgan fingerprint density at radius 2 is 1.60 bits per heavy atom. The summed E-state index contributed by atoms with van der Waals surface area (Å²) in [7, 11) is 0. The minimum atomic E-state index is -4.39. The molecule has 9 heteroatoms. The van der Waals surface area contributed by atoms with Crippen LogP contribution < -0.4 is 5.32 Å². The van der Waals surface area contributed by atoms with Crippen molar-refractivity contribution in [1.29, 1.82) is 5.41 Å². The van der Waals surface area contributed by atoms with Gasteiger partial charge in [0.1, 0.15) is 5.82 Å². The molecule has 0 aliphatic heterocycles. The quantitative estimate of drug-likeness (QED) is 0.272. The Morgan fingerprint density at radius 3 is 2.16 bits per heavy atom. The van der Waals surface area contributed by atoms with E-state index in [1.165, 1.54) is 48.5 Å². The van der Waals surface area contributed by atoms with E-state index in [9.17, 15) is 22.4 Å². The molecule has 0 atom stereocenters. The van der Waals surface area contributed by atoms with Crippen molar-refractivity contribution in [3.63, 3.8) is 0 Å². The van der Waals surface area contributed by atoms with Gasteiger partial charge in [0.25, 0.3) is 5.91 Å². The lowest BCUT2D eigenvalue weighted by Crippen LogP contribution is -2.27. The highest BCUT2D eigenvalue weighted by Crippen LogP contribution is 2.36. The van der Waals surface area contributed by atoms with Gasteiger partial charge in [0.2, 0.25) is 5.90 Å². The van der Waals surface area contributed by atoms with Crippen LogP contribution in [-0.4, -0.2) is 24.0 Å². The van der Waals surface area contributed by atoms with Gasteiger partial charge < -0.3 is 10.1 Å². The van der Waals surface area contributed by atoms with Crippen LogP contribution in [0.2, 0.25) is 0 Å². The van der Waals surface area contributed by atoms with Gasteiger partial charge in [-0.2, -0.15) is 13.2 Å². The predicted octanol–water partition coefficient (Wildman–Crippen LogP) is 4.17. The van der Waals surface area contributed by atoms with Crippen molar-refractivity contribution in [3.05, 3.63) is 65.5 Å². The summed E-state index contributed by atoms with van der Waals surface area (Å²) < 4.78 is 54.5. The molecule has 2 N–H and O–H groups in total. The molecule has 0 heterocycles. The Labute approximate surface area is 144 Å². The molecule has 1 amide bonds. The molecule has 0 aromatic heterocycles. The number of benzene rings is 2. The maximum Gasteiger partial charge on any atom is 0.446 e. The molecule has 25 heavy (non-hydrogen) atoms. The Bertz CT molecular complexity index is 746. The van der Waals surface area contributed by atoms with E-state index in [0.29, 0.717) is 5.56 Å². The summed E-state index contributed by atoms with van der Waals surface area (Å²) >= 11 is -0.270. The van der Waals surface area contributed by atoms with Crippen molar-refractivity contribution in [3.8, 4) is 0 Å². The molecule has 0 saturated heterocycles. The van der Waals surface area contributed by atoms with Crippen molar-refractivity contribution in [2.75, 3.05) is 6.73 Å². The number of hydrogen-bond acceptors (Lipinski definition) is 4. The molecule has 0 radical (unpaired) electrons. The average Bonchev–Trinajstić information content (AvgIpc) is 2.54. The number of halogens is 4. The third-order valence-electron chi connectivity index (χ3n) is 2.91. The lowest BCUT2D eigenvalue weighted by Gasteiger charge is -2.10. The van der Waals surface area contributed by atoms with Gasteiger partial charge in [-0.1, -0.05) is 0 Å². The molecular weight excluding hydrogens is 360 g/mol. The molecule has 0 saturated carbocycles. The zero-order valence-electron chi connectivity index (χ0n) is 12.6. The number of carbonyl (C=O) groups is 1. The molecule has 2 aromatic rings. The van der Waals surface area contributed by atoms with Crippen molar-refractivity contribution >= 4 is 23.6 Å². The van der Waals surface area contributed by atoms with Crippen molar-refractivity contribution < 1.29 is 27.1 Å². The predicted molar refractivity (Wildman–Crippen MR) is 85.0 cm³/mol. The van der Waals surface area contributed by atoms with Crippen molar-refractivity contribution in [1.82, 2.24) is 5.32 Å². The molecule has 0 unspecified atom stereocenters. The van der Waals surface area contributed by atoms with Crippen LogP contribution in [0.25, 0.3) is 0 Å². The van der Waals surface area contributed by atoms with E-state index < -0.39 is 17.2 Å². The van der Waals surface area contributed by atoms with E-state index >= 15 is 0 Å². The van der Waals surface area contributed by atoms with Crippen molar-refractivity contribution in [2.45, 2.75) is 10.4 Å². The number of rotatable bonds is 5. The van der Waals surface area contributed by atoms with Gasteiger partial charge in [-0.3, -0.25) is 10.2 Å². The minimum Gasteiger partial charge on any atom is -0.456 e. The van der Waals surface area contributed by atoms with Crippen LogP contribution in [0.4, 0.5) is 17.6 Å². The van der Waals surface area contributed by atoms with Crippen LogP contribution >= 0.6 is 11.8 Å². The van der Waals surface area contributed by atoms with Gasteiger partial charge in [-0.15, -0.1) is 0 Å². The van der Waals surface area contributed by atoms with E-state index in [4.69, 9.17) is 10.1 Å². The smallest absolute Gasteiger partial charge is 0.446 e. The first kappa shape index (κ1) is 18.8. The minimum absolute atomic E-state index is 0.0293. The van der Waals surface area contributed by atoms with Crippen LogP contribution in [0, 0.1) is 11.2 Å². The largest absolute Gasteiger partial charge is 0.456 e. The van der Waals surface area contributed by atoms with Crippen LogP contribution in [0.15, 0.2) is 53.4 Å². The lowest BCUT2D eigenvalue weighted by atomic mass is 10.2. The summed E-state index contributed by atoms with van der Waals surface area (Å²) in [6.07, 6.45) is 0. The highest BCUT2D eigenvalue weighted by molar-refractivity contribution is 8.00. The normalized spacial score (nSPS) is 11.0. The molecule has 0 bridgehead atoms. The highest BCUT2D eigenvalue weighted by Gasteiger charge is 2.29. The van der Waals surface area contributed by atoms with E-state index in [1.807, 2.05) is 0 Å². The SMILES string of the molecule is N=C(OCNC(=O)c1ccc(SC(F)(F)F)cc1)c1ccc(F)cc1. The fourth-order valence-corrected chi connectivity index (χ4v) is 2.31. The summed E-state index contributed by atoms with van der Waals surface area (Å²) in [5, 5.41) is 10.0. The Hall–Kier alpha value is -2.55. The Morgan fingerprint density at radius 1 is 1.04 bits per heavy atom. The number of thioether (sulfide) groups is 1. The summed E-state index contributed by atoms with van der Waals surface area (Å²) in [5.74, 6) is -1.26. The molecule has 2 aromatic carbocycles. The van der Waals surface area contributed by atoms with Crippen LogP contribution in [0.3, 0.4) is 0 Å². The van der Waals surface area contributed by atoms with Gasteiger partial charge in [0.05, 0.1) is 0 Å². The number of amides is 1. The number of hydrogen-bond donors (Lipinski definition) is 2. The van der Waals surface area contributed by atoms with Gasteiger partial charge in [-0.05, 0) is 60.3 Å². The van der Waals surface area contributed by atoms with Crippen LogP contribution in [0.5, 0.6) is 0 Å². The summed E-state index contributed by atoms with van der Waals surface area (Å²) in [5.41, 5.74) is -3.90. The topological polar surface area (TPSA) is 62.2 Å². The Balaban J connectivity index is 1.83. The first-order valence-electron chi connectivity index (χ1n) is 6.86. The van der Waals surface area contributed by atoms with Crippen LogP contribution in [0.1, 0.15) is 15.9 Å². The van der Waals surface area contributed by atoms with Crippen molar-refractivity contribution in [2.24, 2.45) is 0 Å². The molecule has 132 valence electrons. The zero-order chi connectivity index (χ0) is 18.4. The first-order valence-corrected chi connectivity index (χ1v) is 7.67. The number of alkyl halides is 3. The van der Waals surface area contributed by atoms with E-state index in [0.717, 1.165) is 0 Å². The molecule has 0 fully saturated rings. The fraction of sp³-hybridized carbons (Fsp3) is 0.125. The lowest BCUT2D eigenvalue weighted by molar-refractivity contribution is -0.0328. The fourth-order valence-electron chi connectivity index (χ4n) is 1.77. The molecular formula is C16H12F4N2O2S. The second-order valence-electron chi connectivity index (χ2n) is 4.70. The summed E-state index contributed by atoms with van der Waals surface area (Å²) in [4.78, 5) is 11.8. The molecule has 0 aliphatic carbocycles. The maximum absolute atomic E-state index is 12.8. The maximum atomic E-state index is 12.8. The monoisotopic (exact) mass is 372 g/mol. The van der Waals surface area contributed by atoms with Gasteiger partial charge in [0, 0.05) is 16.0 Å². The average molecular weight is 372 g/mol. The zero-order valence-corrected chi connectivity index (χ0v) is 13.4. The summed E-state index contributed by atoms with van der Waals surface area (Å²) in [6, 6.07) is 9.96. The van der Waals surface area contributed by atoms with E-state index in [1.54, 1.807) is 0 Å². The Kier molecular flexibility index (Phi) is 6.02. The number of nitrogens with one attached hydrogen (secondary N) is 2. The molecule has 2 rings (SSSR count). The highest BCUT2D eigenvalue weighted by atomic mass is 32.2. The van der Waals surface area contributed by atoms with Gasteiger partial charge in [-0.25, -0.2) is 4.39 Å². The standard InChI is InChI=1S/C16H12F4N2O2S/c17-12-5-1-10(2-6-12)14(21)24-9-22-15(23)11-3-7-13(8-4-11)25-16(18,19)20/h1-8,21H,9H2,(H,22,23). The second kappa shape index (κ2) is 8.02. The molecule has 0 spiro atoms. The van der Waals surface area contributed by atoms with E-state index in [2.05, 4.69) is 5.32 Å². The third kappa shape index (κ3) is 6.11. The number of carbonyl (C=O) groups excluding carboxylic acids is 1. The molecule has 0 aliphatic rings. The van der Waals surface area contributed by atoms with Crippen LogP contribution in [-0.2, 0) is 4.74 Å². The molecule has 4 nitrogen and oxygen atoms in total. The first-order chi connectivity index (χ1) is 11.7.